The van der Waals surface area contributed by atoms with Gasteiger partial charge in [0.2, 0.25) is 0 Å². The summed E-state index contributed by atoms with van der Waals surface area (Å²) in [6.07, 6.45) is 1.21. The van der Waals surface area contributed by atoms with Crippen molar-refractivity contribution in [3.05, 3.63) is 60.0 Å². The minimum absolute atomic E-state index is 0.311. The summed E-state index contributed by atoms with van der Waals surface area (Å²) in [6.45, 7) is 0. The molecule has 0 aliphatic rings. The highest BCUT2D eigenvalue weighted by Gasteiger charge is 2.11. The summed E-state index contributed by atoms with van der Waals surface area (Å²) in [5.41, 5.74) is 2.72. The van der Waals surface area contributed by atoms with Gasteiger partial charge in [-0.1, -0.05) is 36.4 Å². The van der Waals surface area contributed by atoms with Crippen molar-refractivity contribution in [1.82, 2.24) is 4.98 Å². The lowest BCUT2D eigenvalue weighted by molar-refractivity contribution is 0.602. The van der Waals surface area contributed by atoms with E-state index in [1.807, 2.05) is 35.7 Å². The third-order valence-electron chi connectivity index (χ3n) is 3.03. The summed E-state index contributed by atoms with van der Waals surface area (Å²) in [6, 6.07) is 17.4. The lowest BCUT2D eigenvalue weighted by Gasteiger charge is -2.01. The maximum atomic E-state index is 11.6. The summed E-state index contributed by atoms with van der Waals surface area (Å²) in [7, 11) is -3.21. The van der Waals surface area contributed by atoms with Crippen LogP contribution in [0.2, 0.25) is 0 Å². The fraction of sp³-hybridized carbons (Fsp3) is 0.0625. The van der Waals surface area contributed by atoms with Crippen LogP contribution >= 0.6 is 11.3 Å². The first-order chi connectivity index (χ1) is 10.0. The van der Waals surface area contributed by atoms with Crippen molar-refractivity contribution in [3.63, 3.8) is 0 Å². The van der Waals surface area contributed by atoms with Crippen molar-refractivity contribution in [2.45, 2.75) is 4.90 Å². The third kappa shape index (κ3) is 3.04. The zero-order valence-electron chi connectivity index (χ0n) is 11.3. The Labute approximate surface area is 127 Å². The van der Waals surface area contributed by atoms with E-state index in [4.69, 9.17) is 0 Å². The average Bonchev–Trinajstić information content (AvgIpc) is 2.97. The average molecular weight is 314 g/mol. The lowest BCUT2D eigenvalue weighted by Crippen LogP contribution is -1.96. The Morgan fingerprint density at radius 3 is 2.57 bits per heavy atom. The molecule has 0 unspecified atom stereocenters. The van der Waals surface area contributed by atoms with E-state index in [1.54, 1.807) is 18.2 Å². The lowest BCUT2D eigenvalue weighted by atomic mass is 10.2. The number of hydrogen-bond donors (Lipinski definition) is 0. The molecule has 0 spiro atoms. The van der Waals surface area contributed by atoms with Gasteiger partial charge in [-0.15, -0.1) is 11.3 Å². The van der Waals surface area contributed by atoms with Gasteiger partial charge in [-0.25, -0.2) is 13.4 Å². The number of thiazole rings is 1. The smallest absolute Gasteiger partial charge is 0.175 e. The maximum Gasteiger partial charge on any atom is 0.175 e. The molecule has 0 atom stereocenters. The van der Waals surface area contributed by atoms with Crippen molar-refractivity contribution in [2.24, 2.45) is 0 Å². The van der Waals surface area contributed by atoms with E-state index in [2.05, 4.69) is 11.1 Å². The van der Waals surface area contributed by atoms with Gasteiger partial charge in [-0.2, -0.15) is 0 Å². The summed E-state index contributed by atoms with van der Waals surface area (Å²) in [4.78, 5) is 4.89. The van der Waals surface area contributed by atoms with Crippen LogP contribution in [0.25, 0.3) is 21.8 Å². The monoisotopic (exact) mass is 314 g/mol. The first-order valence-corrected chi connectivity index (χ1v) is 9.04. The molecule has 3 aromatic rings. The largest absolute Gasteiger partial charge is 0.236 e. The van der Waals surface area contributed by atoms with Crippen LogP contribution in [0.4, 0.5) is 0 Å². The Hall–Kier alpha value is -1.98. The molecule has 1 heterocycles. The van der Waals surface area contributed by atoms with Crippen LogP contribution in [-0.4, -0.2) is 19.7 Å². The molecule has 0 aliphatic carbocycles. The second kappa shape index (κ2) is 5.42. The van der Waals surface area contributed by atoms with E-state index in [0.29, 0.717) is 4.90 Å². The Morgan fingerprint density at radius 1 is 1.10 bits per heavy atom. The molecule has 0 amide bonds. The predicted octanol–water partition coefficient (Wildman–Crippen LogP) is 3.68. The highest BCUT2D eigenvalue weighted by atomic mass is 32.2. The van der Waals surface area contributed by atoms with Crippen molar-refractivity contribution < 1.29 is 8.42 Å². The Morgan fingerprint density at radius 2 is 1.86 bits per heavy atom. The molecule has 2 aromatic carbocycles. The molecule has 105 valence electrons. The Kier molecular flexibility index (Phi) is 3.61. The number of nitrogens with zero attached hydrogens (tertiary/aromatic N) is 1. The number of rotatable bonds is 3. The van der Waals surface area contributed by atoms with E-state index >= 15 is 0 Å². The fourth-order valence-electron chi connectivity index (χ4n) is 1.96. The molecule has 0 bridgehead atoms. The second-order valence-corrected chi connectivity index (χ2v) is 7.50. The molecule has 1 aromatic heterocycles. The molecular formula is C16H12NO2S2. The van der Waals surface area contributed by atoms with Gasteiger partial charge in [0.05, 0.1) is 10.6 Å². The van der Waals surface area contributed by atoms with E-state index in [0.717, 1.165) is 21.8 Å². The van der Waals surface area contributed by atoms with Gasteiger partial charge in [-0.05, 0) is 18.2 Å². The van der Waals surface area contributed by atoms with Crippen LogP contribution in [0.15, 0.2) is 58.8 Å². The van der Waals surface area contributed by atoms with Gasteiger partial charge >= 0.3 is 0 Å². The van der Waals surface area contributed by atoms with Crippen LogP contribution in [0.1, 0.15) is 0 Å². The number of hydrogen-bond acceptors (Lipinski definition) is 4. The van der Waals surface area contributed by atoms with Crippen LogP contribution in [-0.2, 0) is 9.84 Å². The predicted molar refractivity (Wildman–Crippen MR) is 84.9 cm³/mol. The van der Waals surface area contributed by atoms with Crippen molar-refractivity contribution in [3.8, 4) is 21.8 Å². The zero-order chi connectivity index (χ0) is 14.9. The highest BCUT2D eigenvalue weighted by Crippen LogP contribution is 2.29. The molecule has 21 heavy (non-hydrogen) atoms. The summed E-state index contributed by atoms with van der Waals surface area (Å²) in [5, 5.41) is 2.78. The third-order valence-corrected chi connectivity index (χ3v) is 5.03. The minimum Gasteiger partial charge on any atom is -0.236 e. The molecule has 5 heteroatoms. The van der Waals surface area contributed by atoms with Gasteiger partial charge in [0.25, 0.3) is 0 Å². The van der Waals surface area contributed by atoms with Gasteiger partial charge in [0.1, 0.15) is 5.01 Å². The molecule has 3 nitrogen and oxygen atoms in total. The molecule has 0 aliphatic heterocycles. The van der Waals surface area contributed by atoms with Gasteiger partial charge < -0.3 is 0 Å². The topological polar surface area (TPSA) is 47.0 Å². The normalized spacial score (nSPS) is 11.5. The minimum atomic E-state index is -3.21. The number of sulfone groups is 1. The summed E-state index contributed by atoms with van der Waals surface area (Å²) < 4.78 is 23.2. The van der Waals surface area contributed by atoms with Gasteiger partial charge in [-0.3, -0.25) is 0 Å². The number of aromatic nitrogens is 1. The maximum absolute atomic E-state index is 11.6. The highest BCUT2D eigenvalue weighted by molar-refractivity contribution is 7.90. The molecular weight excluding hydrogens is 302 g/mol. The van der Waals surface area contributed by atoms with Crippen molar-refractivity contribution in [2.75, 3.05) is 6.26 Å². The van der Waals surface area contributed by atoms with E-state index in [9.17, 15) is 8.42 Å². The van der Waals surface area contributed by atoms with E-state index in [-0.39, 0.29) is 0 Å². The van der Waals surface area contributed by atoms with Gasteiger partial charge in [0, 0.05) is 22.8 Å². The van der Waals surface area contributed by atoms with Crippen LogP contribution in [0, 0.1) is 6.07 Å². The molecule has 0 saturated carbocycles. The fourth-order valence-corrected chi connectivity index (χ4v) is 3.45. The van der Waals surface area contributed by atoms with Crippen molar-refractivity contribution >= 4 is 21.2 Å². The van der Waals surface area contributed by atoms with Gasteiger partial charge in [0.15, 0.2) is 9.84 Å². The standard InChI is InChI=1S/C16H12NO2S2/c1-21(18,19)14-9-5-8-13(10-14)16-17-15(11-20-16)12-6-3-2-4-7-12/h3-11H,1H3. The van der Waals surface area contributed by atoms with Crippen LogP contribution in [0.3, 0.4) is 0 Å². The molecule has 0 N–H and O–H groups in total. The Bertz CT molecular complexity index is 868. The number of benzene rings is 2. The quantitative estimate of drug-likeness (QED) is 0.741. The molecule has 0 fully saturated rings. The zero-order valence-corrected chi connectivity index (χ0v) is 12.9. The van der Waals surface area contributed by atoms with Crippen molar-refractivity contribution in [1.29, 1.82) is 0 Å². The molecule has 0 saturated heterocycles. The molecule has 3 rings (SSSR count). The summed E-state index contributed by atoms with van der Waals surface area (Å²) >= 11 is 1.50. The first-order valence-electron chi connectivity index (χ1n) is 6.26. The van der Waals surface area contributed by atoms with E-state index in [1.165, 1.54) is 17.6 Å². The Balaban J connectivity index is 2.01. The second-order valence-electron chi connectivity index (χ2n) is 4.63. The van der Waals surface area contributed by atoms with E-state index < -0.39 is 9.84 Å². The first kappa shape index (κ1) is 14.0. The SMILES string of the molecule is CS(=O)(=O)c1cccc(-c2nc(-c3cc[c]cc3)cs2)c1. The summed E-state index contributed by atoms with van der Waals surface area (Å²) in [5.74, 6) is 0. The van der Waals surface area contributed by atoms with Crippen LogP contribution < -0.4 is 0 Å². The van der Waals surface area contributed by atoms with Crippen LogP contribution in [0.5, 0.6) is 0 Å². The molecule has 1 radical (unpaired) electrons.